The standard InChI is InChI=1S/C15H26O2/c1-6-15(5,16)11-7-8-12(2)9-10-13-14(3,4)17-13/h6,8,13,16H,1,7,9-11H2,2-5H3/b12-8+. The van der Waals surface area contributed by atoms with E-state index in [1.165, 1.54) is 5.57 Å². The molecule has 2 unspecified atom stereocenters. The van der Waals surface area contributed by atoms with Crippen LogP contribution in [0.4, 0.5) is 0 Å². The van der Waals surface area contributed by atoms with Crippen molar-refractivity contribution in [3.05, 3.63) is 24.3 Å². The highest BCUT2D eigenvalue weighted by atomic mass is 16.6. The largest absolute Gasteiger partial charge is 0.386 e. The summed E-state index contributed by atoms with van der Waals surface area (Å²) >= 11 is 0. The van der Waals surface area contributed by atoms with Crippen molar-refractivity contribution in [2.24, 2.45) is 0 Å². The lowest BCUT2D eigenvalue weighted by Gasteiger charge is -2.16. The van der Waals surface area contributed by atoms with Crippen molar-refractivity contribution in [2.75, 3.05) is 0 Å². The molecule has 1 rings (SSSR count). The predicted octanol–water partition coefficient (Wildman–Crippen LogP) is 3.61. The van der Waals surface area contributed by atoms with Crippen molar-refractivity contribution in [1.29, 1.82) is 0 Å². The molecule has 1 fully saturated rings. The van der Waals surface area contributed by atoms with Crippen molar-refractivity contribution < 1.29 is 9.84 Å². The third-order valence-electron chi connectivity index (χ3n) is 3.55. The van der Waals surface area contributed by atoms with Gasteiger partial charge in [0.2, 0.25) is 0 Å². The van der Waals surface area contributed by atoms with Gasteiger partial charge in [0, 0.05) is 0 Å². The highest BCUT2D eigenvalue weighted by Crippen LogP contribution is 2.38. The van der Waals surface area contributed by atoms with Gasteiger partial charge in [0.15, 0.2) is 0 Å². The van der Waals surface area contributed by atoms with Gasteiger partial charge in [0.25, 0.3) is 0 Å². The Morgan fingerprint density at radius 1 is 1.53 bits per heavy atom. The summed E-state index contributed by atoms with van der Waals surface area (Å²) in [6.07, 6.45) is 8.09. The van der Waals surface area contributed by atoms with E-state index >= 15 is 0 Å². The maximum atomic E-state index is 9.77. The third-order valence-corrected chi connectivity index (χ3v) is 3.55. The van der Waals surface area contributed by atoms with Crippen molar-refractivity contribution in [2.45, 2.75) is 70.7 Å². The molecule has 17 heavy (non-hydrogen) atoms. The summed E-state index contributed by atoms with van der Waals surface area (Å²) in [6, 6.07) is 0. The van der Waals surface area contributed by atoms with Crippen LogP contribution < -0.4 is 0 Å². The van der Waals surface area contributed by atoms with Crippen molar-refractivity contribution in [3.63, 3.8) is 0 Å². The molecule has 0 aromatic carbocycles. The van der Waals surface area contributed by atoms with Crippen LogP contribution in [0, 0.1) is 0 Å². The van der Waals surface area contributed by atoms with Crippen LogP contribution >= 0.6 is 0 Å². The Hall–Kier alpha value is -0.600. The van der Waals surface area contributed by atoms with Crippen LogP contribution in [0.25, 0.3) is 0 Å². The topological polar surface area (TPSA) is 32.8 Å². The molecule has 1 heterocycles. The summed E-state index contributed by atoms with van der Waals surface area (Å²) in [5.74, 6) is 0. The van der Waals surface area contributed by atoms with E-state index in [0.29, 0.717) is 6.10 Å². The lowest BCUT2D eigenvalue weighted by molar-refractivity contribution is 0.103. The summed E-state index contributed by atoms with van der Waals surface area (Å²) in [4.78, 5) is 0. The molecule has 0 aromatic heterocycles. The van der Waals surface area contributed by atoms with E-state index < -0.39 is 5.60 Å². The zero-order valence-corrected chi connectivity index (χ0v) is 11.6. The first kappa shape index (κ1) is 14.5. The van der Waals surface area contributed by atoms with Crippen LogP contribution in [0.15, 0.2) is 24.3 Å². The molecular formula is C15H26O2. The molecule has 98 valence electrons. The van der Waals surface area contributed by atoms with Crippen molar-refractivity contribution in [3.8, 4) is 0 Å². The van der Waals surface area contributed by atoms with E-state index in [1.807, 2.05) is 0 Å². The molecule has 0 spiro atoms. The zero-order chi connectivity index (χ0) is 13.1. The fourth-order valence-electron chi connectivity index (χ4n) is 1.91. The summed E-state index contributed by atoms with van der Waals surface area (Å²) < 4.78 is 5.55. The smallest absolute Gasteiger partial charge is 0.0892 e. The molecule has 0 bridgehead atoms. The average Bonchev–Trinajstić information content (AvgIpc) is 2.83. The van der Waals surface area contributed by atoms with Crippen LogP contribution in [0.1, 0.15) is 53.4 Å². The van der Waals surface area contributed by atoms with Gasteiger partial charge in [-0.25, -0.2) is 0 Å². The van der Waals surface area contributed by atoms with E-state index in [1.54, 1.807) is 13.0 Å². The molecule has 0 aliphatic carbocycles. The Kier molecular flexibility index (Phi) is 4.56. The fourth-order valence-corrected chi connectivity index (χ4v) is 1.91. The minimum Gasteiger partial charge on any atom is -0.386 e. The molecule has 0 saturated carbocycles. The maximum Gasteiger partial charge on any atom is 0.0892 e. The SMILES string of the molecule is C=CC(C)(O)CC/C=C(\C)CCC1OC1(C)C. The van der Waals surface area contributed by atoms with Gasteiger partial charge in [-0.2, -0.15) is 0 Å². The molecule has 2 heteroatoms. The second-order valence-electron chi connectivity index (χ2n) is 5.90. The van der Waals surface area contributed by atoms with E-state index in [4.69, 9.17) is 4.74 Å². The molecular weight excluding hydrogens is 212 g/mol. The van der Waals surface area contributed by atoms with Crippen LogP contribution in [-0.2, 0) is 4.74 Å². The Bertz CT molecular complexity index is 300. The highest BCUT2D eigenvalue weighted by Gasteiger charge is 2.46. The van der Waals surface area contributed by atoms with Gasteiger partial charge in [0.05, 0.1) is 17.3 Å². The van der Waals surface area contributed by atoms with E-state index in [9.17, 15) is 5.11 Å². The summed E-state index contributed by atoms with van der Waals surface area (Å²) in [7, 11) is 0. The van der Waals surface area contributed by atoms with Gasteiger partial charge in [-0.1, -0.05) is 17.7 Å². The first-order valence-corrected chi connectivity index (χ1v) is 6.46. The second-order valence-corrected chi connectivity index (χ2v) is 5.90. The number of hydrogen-bond acceptors (Lipinski definition) is 2. The van der Waals surface area contributed by atoms with Crippen LogP contribution in [0.2, 0.25) is 0 Å². The molecule has 0 amide bonds. The predicted molar refractivity (Wildman–Crippen MR) is 72.0 cm³/mol. The number of epoxide rings is 1. The molecule has 0 aromatic rings. The van der Waals surface area contributed by atoms with Crippen LogP contribution in [0.3, 0.4) is 0 Å². The normalized spacial score (nSPS) is 26.4. The molecule has 1 saturated heterocycles. The maximum absolute atomic E-state index is 9.77. The Labute approximate surface area is 105 Å². The zero-order valence-electron chi connectivity index (χ0n) is 11.6. The second kappa shape index (κ2) is 5.36. The third kappa shape index (κ3) is 5.05. The van der Waals surface area contributed by atoms with Gasteiger partial charge in [-0.05, 0) is 53.4 Å². The van der Waals surface area contributed by atoms with Crippen LogP contribution in [0.5, 0.6) is 0 Å². The highest BCUT2D eigenvalue weighted by molar-refractivity contribution is 5.03. The monoisotopic (exact) mass is 238 g/mol. The number of ether oxygens (including phenoxy) is 1. The average molecular weight is 238 g/mol. The van der Waals surface area contributed by atoms with Gasteiger partial charge in [0.1, 0.15) is 0 Å². The van der Waals surface area contributed by atoms with Gasteiger partial charge in [-0.3, -0.25) is 0 Å². The molecule has 1 aliphatic heterocycles. The minimum absolute atomic E-state index is 0.104. The van der Waals surface area contributed by atoms with Crippen molar-refractivity contribution >= 4 is 0 Å². The van der Waals surface area contributed by atoms with Gasteiger partial charge < -0.3 is 9.84 Å². The molecule has 0 radical (unpaired) electrons. The Morgan fingerprint density at radius 3 is 2.59 bits per heavy atom. The van der Waals surface area contributed by atoms with Gasteiger partial charge >= 0.3 is 0 Å². The summed E-state index contributed by atoms with van der Waals surface area (Å²) in [6.45, 7) is 11.8. The number of rotatable bonds is 7. The summed E-state index contributed by atoms with van der Waals surface area (Å²) in [5, 5.41) is 9.77. The van der Waals surface area contributed by atoms with Crippen molar-refractivity contribution in [1.82, 2.24) is 0 Å². The Balaban J connectivity index is 2.19. The van der Waals surface area contributed by atoms with E-state index in [0.717, 1.165) is 25.7 Å². The first-order valence-electron chi connectivity index (χ1n) is 6.46. The Morgan fingerprint density at radius 2 is 2.12 bits per heavy atom. The van der Waals surface area contributed by atoms with Crippen LogP contribution in [-0.4, -0.2) is 22.4 Å². The number of allylic oxidation sites excluding steroid dienone is 2. The fraction of sp³-hybridized carbons (Fsp3) is 0.733. The molecule has 2 nitrogen and oxygen atoms in total. The number of hydrogen-bond donors (Lipinski definition) is 1. The van der Waals surface area contributed by atoms with E-state index in [2.05, 4.69) is 33.4 Å². The van der Waals surface area contributed by atoms with Gasteiger partial charge in [-0.15, -0.1) is 6.58 Å². The minimum atomic E-state index is -0.738. The summed E-state index contributed by atoms with van der Waals surface area (Å²) in [5.41, 5.74) is 0.752. The molecule has 2 atom stereocenters. The lowest BCUT2D eigenvalue weighted by atomic mass is 9.98. The lowest BCUT2D eigenvalue weighted by Crippen LogP contribution is -2.19. The molecule has 1 aliphatic rings. The number of aliphatic hydroxyl groups is 1. The quantitative estimate of drug-likeness (QED) is 0.543. The van der Waals surface area contributed by atoms with E-state index in [-0.39, 0.29) is 5.60 Å². The molecule has 1 N–H and O–H groups in total. The first-order chi connectivity index (χ1) is 7.77.